The molecule has 2 N–H and O–H groups in total. The van der Waals surface area contributed by atoms with Gasteiger partial charge in [0.05, 0.1) is 13.0 Å². The monoisotopic (exact) mass is 476 g/mol. The summed E-state index contributed by atoms with van der Waals surface area (Å²) in [4.78, 5) is 29.1. The van der Waals surface area contributed by atoms with Crippen LogP contribution in [0.25, 0.3) is 0 Å². The molecule has 146 valence electrons. The number of ether oxygens (including phenoxy) is 1. The van der Waals surface area contributed by atoms with Crippen molar-refractivity contribution in [1.29, 1.82) is 0 Å². The highest BCUT2D eigenvalue weighted by Gasteiger charge is 2.13. The van der Waals surface area contributed by atoms with Crippen molar-refractivity contribution >= 4 is 41.8 Å². The average molecular weight is 476 g/mol. The Balaban J connectivity index is 0.00000625. The molecule has 0 saturated carbocycles. The first-order chi connectivity index (χ1) is 11.9. The van der Waals surface area contributed by atoms with Gasteiger partial charge in [0, 0.05) is 39.8 Å². The molecule has 0 spiro atoms. The topological polar surface area (TPSA) is 83.0 Å². The lowest BCUT2D eigenvalue weighted by atomic mass is 10.1. The van der Waals surface area contributed by atoms with E-state index in [9.17, 15) is 9.59 Å². The van der Waals surface area contributed by atoms with Crippen molar-refractivity contribution in [2.24, 2.45) is 10.9 Å². The molecule has 0 aromatic heterocycles. The lowest BCUT2D eigenvalue weighted by Gasteiger charge is -2.15. The summed E-state index contributed by atoms with van der Waals surface area (Å²) in [5.41, 5.74) is 1.75. The lowest BCUT2D eigenvalue weighted by molar-refractivity contribution is -0.144. The van der Waals surface area contributed by atoms with Gasteiger partial charge < -0.3 is 20.3 Å². The maximum absolute atomic E-state index is 12.0. The summed E-state index contributed by atoms with van der Waals surface area (Å²) in [6, 6.07) is 7.59. The normalized spacial score (nSPS) is 11.8. The molecule has 8 heteroatoms. The first-order valence-corrected chi connectivity index (χ1v) is 8.22. The average Bonchev–Trinajstić information content (AvgIpc) is 2.62. The van der Waals surface area contributed by atoms with Crippen molar-refractivity contribution in [3.05, 3.63) is 35.4 Å². The maximum Gasteiger partial charge on any atom is 0.310 e. The molecule has 1 rings (SSSR count). The second-order valence-electron chi connectivity index (χ2n) is 5.95. The predicted octanol–water partition coefficient (Wildman–Crippen LogP) is 1.52. The highest BCUT2D eigenvalue weighted by molar-refractivity contribution is 14.0. The van der Waals surface area contributed by atoms with Crippen LogP contribution in [0.5, 0.6) is 0 Å². The smallest absolute Gasteiger partial charge is 0.310 e. The van der Waals surface area contributed by atoms with E-state index in [0.717, 1.165) is 12.0 Å². The zero-order valence-corrected chi connectivity index (χ0v) is 18.4. The van der Waals surface area contributed by atoms with Crippen LogP contribution in [0.3, 0.4) is 0 Å². The fourth-order valence-electron chi connectivity index (χ4n) is 2.20. The standard InChI is InChI=1S/C18H28N4O3.HI/c1-13(17(24)25-5)12-21-18(19-2)20-10-9-14-7-6-8-15(11-14)16(23)22(3)4;/h6-8,11,13H,9-10,12H2,1-5H3,(H2,19,20,21);1H. The largest absolute Gasteiger partial charge is 0.469 e. The Morgan fingerprint density at radius 2 is 1.96 bits per heavy atom. The van der Waals surface area contributed by atoms with Crippen LogP contribution >= 0.6 is 24.0 Å². The van der Waals surface area contributed by atoms with Crippen LogP contribution in [-0.2, 0) is 16.0 Å². The molecule has 26 heavy (non-hydrogen) atoms. The number of guanidine groups is 1. The molecule has 1 amide bonds. The van der Waals surface area contributed by atoms with Crippen LogP contribution in [0, 0.1) is 5.92 Å². The number of hydrogen-bond acceptors (Lipinski definition) is 4. The quantitative estimate of drug-likeness (QED) is 0.270. The Kier molecular flexibility index (Phi) is 11.6. The summed E-state index contributed by atoms with van der Waals surface area (Å²) in [5.74, 6) is 0.1000. The minimum atomic E-state index is -0.259. The van der Waals surface area contributed by atoms with Gasteiger partial charge in [0.2, 0.25) is 0 Å². The number of carbonyl (C=O) groups is 2. The number of halogens is 1. The molecular weight excluding hydrogens is 447 g/mol. The van der Waals surface area contributed by atoms with Crippen LogP contribution in [0.4, 0.5) is 0 Å². The first-order valence-electron chi connectivity index (χ1n) is 8.22. The Morgan fingerprint density at radius 3 is 2.54 bits per heavy atom. The number of nitrogens with one attached hydrogen (secondary N) is 2. The Morgan fingerprint density at radius 1 is 1.27 bits per heavy atom. The van der Waals surface area contributed by atoms with Crippen LogP contribution in [-0.4, -0.2) is 64.1 Å². The molecule has 1 aromatic rings. The molecule has 0 aliphatic heterocycles. The van der Waals surface area contributed by atoms with Crippen molar-refractivity contribution < 1.29 is 14.3 Å². The van der Waals surface area contributed by atoms with E-state index >= 15 is 0 Å². The second kappa shape index (κ2) is 12.5. The lowest BCUT2D eigenvalue weighted by Crippen LogP contribution is -2.41. The molecule has 1 unspecified atom stereocenters. The number of hydrogen-bond donors (Lipinski definition) is 2. The van der Waals surface area contributed by atoms with Gasteiger partial charge >= 0.3 is 5.97 Å². The molecule has 0 aliphatic rings. The fraction of sp³-hybridized carbons (Fsp3) is 0.500. The molecule has 0 radical (unpaired) electrons. The van der Waals surface area contributed by atoms with Gasteiger partial charge in [-0.1, -0.05) is 19.1 Å². The summed E-state index contributed by atoms with van der Waals surface area (Å²) >= 11 is 0. The third-order valence-electron chi connectivity index (χ3n) is 3.69. The summed E-state index contributed by atoms with van der Waals surface area (Å²) in [5, 5.41) is 6.29. The molecule has 0 saturated heterocycles. The van der Waals surface area contributed by atoms with Gasteiger partial charge in [-0.05, 0) is 24.1 Å². The summed E-state index contributed by atoms with van der Waals surface area (Å²) in [7, 11) is 6.53. The SMILES string of the molecule is CN=C(NCCc1cccc(C(=O)N(C)C)c1)NCC(C)C(=O)OC.I. The number of esters is 1. The van der Waals surface area contributed by atoms with Crippen LogP contribution in [0.15, 0.2) is 29.3 Å². The molecule has 0 fully saturated rings. The predicted molar refractivity (Wildman–Crippen MR) is 114 cm³/mol. The molecule has 1 atom stereocenters. The van der Waals surface area contributed by atoms with Gasteiger partial charge in [-0.25, -0.2) is 0 Å². The minimum absolute atomic E-state index is 0. The van der Waals surface area contributed by atoms with Gasteiger partial charge in [-0.3, -0.25) is 14.6 Å². The summed E-state index contributed by atoms with van der Waals surface area (Å²) in [6.07, 6.45) is 0.752. The Bertz CT molecular complexity index is 620. The van der Waals surface area contributed by atoms with E-state index in [4.69, 9.17) is 4.74 Å². The third-order valence-corrected chi connectivity index (χ3v) is 3.69. The summed E-state index contributed by atoms with van der Waals surface area (Å²) < 4.78 is 4.69. The third kappa shape index (κ3) is 8.03. The molecule has 0 aliphatic carbocycles. The maximum atomic E-state index is 12.0. The van der Waals surface area contributed by atoms with Gasteiger partial charge in [-0.2, -0.15) is 0 Å². The van der Waals surface area contributed by atoms with E-state index in [1.807, 2.05) is 24.3 Å². The van der Waals surface area contributed by atoms with Gasteiger partial charge in [-0.15, -0.1) is 24.0 Å². The zero-order valence-electron chi connectivity index (χ0n) is 16.0. The van der Waals surface area contributed by atoms with Crippen LogP contribution in [0.1, 0.15) is 22.8 Å². The minimum Gasteiger partial charge on any atom is -0.469 e. The van der Waals surface area contributed by atoms with E-state index in [-0.39, 0.29) is 41.8 Å². The zero-order chi connectivity index (χ0) is 18.8. The van der Waals surface area contributed by atoms with Crippen molar-refractivity contribution in [3.63, 3.8) is 0 Å². The van der Waals surface area contributed by atoms with Gasteiger partial charge in [0.15, 0.2) is 5.96 Å². The fourth-order valence-corrected chi connectivity index (χ4v) is 2.20. The Labute approximate surface area is 172 Å². The van der Waals surface area contributed by atoms with Gasteiger partial charge in [0.1, 0.15) is 0 Å². The number of aliphatic imine (C=N–C) groups is 1. The molecular formula is C18H29IN4O3. The van der Waals surface area contributed by atoms with Gasteiger partial charge in [0.25, 0.3) is 5.91 Å². The van der Waals surface area contributed by atoms with E-state index in [0.29, 0.717) is 24.6 Å². The molecule has 7 nitrogen and oxygen atoms in total. The van der Waals surface area contributed by atoms with Crippen molar-refractivity contribution in [2.75, 3.05) is 41.3 Å². The number of benzene rings is 1. The van der Waals surface area contributed by atoms with Crippen molar-refractivity contribution in [1.82, 2.24) is 15.5 Å². The number of nitrogens with zero attached hydrogens (tertiary/aromatic N) is 2. The molecule has 0 bridgehead atoms. The highest BCUT2D eigenvalue weighted by Crippen LogP contribution is 2.07. The van der Waals surface area contributed by atoms with Crippen LogP contribution < -0.4 is 10.6 Å². The van der Waals surface area contributed by atoms with E-state index < -0.39 is 0 Å². The number of methoxy groups -OCH3 is 1. The van der Waals surface area contributed by atoms with E-state index in [1.54, 1.807) is 33.0 Å². The van der Waals surface area contributed by atoms with Crippen LogP contribution in [0.2, 0.25) is 0 Å². The number of carbonyl (C=O) groups excluding carboxylic acids is 2. The molecule has 1 aromatic carbocycles. The first kappa shape index (κ1) is 24.2. The van der Waals surface area contributed by atoms with E-state index in [1.165, 1.54) is 7.11 Å². The Hall–Kier alpha value is -1.84. The molecule has 0 heterocycles. The van der Waals surface area contributed by atoms with E-state index in [2.05, 4.69) is 15.6 Å². The second-order valence-corrected chi connectivity index (χ2v) is 5.95. The van der Waals surface area contributed by atoms with Crippen molar-refractivity contribution in [2.45, 2.75) is 13.3 Å². The van der Waals surface area contributed by atoms with Crippen molar-refractivity contribution in [3.8, 4) is 0 Å². The number of amides is 1. The number of rotatable bonds is 7. The highest BCUT2D eigenvalue weighted by atomic mass is 127. The summed E-state index contributed by atoms with van der Waals surface area (Å²) in [6.45, 7) is 2.89.